The van der Waals surface area contributed by atoms with Crippen LogP contribution in [0.25, 0.3) is 0 Å². The summed E-state index contributed by atoms with van der Waals surface area (Å²) < 4.78 is 68.4. The van der Waals surface area contributed by atoms with E-state index in [9.17, 15) is 43.2 Å². The number of carbonyl (C=O) groups excluding carboxylic acids is 4. The molecule has 3 N–H and O–H groups in total. The molecule has 0 saturated heterocycles. The van der Waals surface area contributed by atoms with Gasteiger partial charge in [0.25, 0.3) is 0 Å². The molecule has 92 heavy (non-hydrogen) atoms. The first-order chi connectivity index (χ1) is 44.1. The van der Waals surface area contributed by atoms with E-state index in [4.69, 9.17) is 37.0 Å². The third-order valence-corrected chi connectivity index (χ3v) is 19.1. The minimum atomic E-state index is -4.96. The Morgan fingerprint density at radius 3 is 0.772 bits per heavy atom. The Morgan fingerprint density at radius 2 is 0.522 bits per heavy atom. The highest BCUT2D eigenvalue weighted by atomic mass is 31.2. The zero-order valence-corrected chi connectivity index (χ0v) is 62.0. The number of hydrogen-bond acceptors (Lipinski definition) is 15. The van der Waals surface area contributed by atoms with Crippen LogP contribution in [-0.2, 0) is 65.4 Å². The second-order valence-corrected chi connectivity index (χ2v) is 30.9. The molecule has 19 heteroatoms. The van der Waals surface area contributed by atoms with E-state index in [2.05, 4.69) is 55.4 Å². The lowest BCUT2D eigenvalue weighted by Crippen LogP contribution is -2.30. The van der Waals surface area contributed by atoms with Gasteiger partial charge in [-0.15, -0.1) is 0 Å². The Labute approximate surface area is 562 Å². The zero-order valence-electron chi connectivity index (χ0n) is 60.2. The van der Waals surface area contributed by atoms with E-state index >= 15 is 0 Å². The fourth-order valence-electron chi connectivity index (χ4n) is 11.0. The third kappa shape index (κ3) is 65.4. The third-order valence-electron chi connectivity index (χ3n) is 17.2. The van der Waals surface area contributed by atoms with Crippen molar-refractivity contribution < 1.29 is 80.2 Å². The quantitative estimate of drug-likeness (QED) is 0.0222. The second kappa shape index (κ2) is 62.6. The van der Waals surface area contributed by atoms with Gasteiger partial charge in [0.05, 0.1) is 26.4 Å². The summed E-state index contributed by atoms with van der Waals surface area (Å²) >= 11 is 0. The number of hydrogen-bond donors (Lipinski definition) is 3. The summed E-state index contributed by atoms with van der Waals surface area (Å²) in [5, 5.41) is 10.6. The molecule has 0 aromatic rings. The first kappa shape index (κ1) is 90.1. The minimum Gasteiger partial charge on any atom is -0.462 e. The minimum absolute atomic E-state index is 0.105. The normalized spacial score (nSPS) is 14.5. The van der Waals surface area contributed by atoms with E-state index in [0.717, 1.165) is 114 Å². The largest absolute Gasteiger partial charge is 0.472 e. The molecule has 4 unspecified atom stereocenters. The molecule has 0 bridgehead atoms. The number of aliphatic hydroxyl groups excluding tert-OH is 1. The molecule has 0 aliphatic rings. The summed E-state index contributed by atoms with van der Waals surface area (Å²) in [5.74, 6) is 0.919. The summed E-state index contributed by atoms with van der Waals surface area (Å²) in [6, 6.07) is 0. The van der Waals surface area contributed by atoms with Gasteiger partial charge < -0.3 is 33.8 Å². The Balaban J connectivity index is 5.27. The Bertz CT molecular complexity index is 1820. The molecule has 0 heterocycles. The molecule has 6 atom stereocenters. The number of aliphatic hydroxyl groups is 1. The van der Waals surface area contributed by atoms with Gasteiger partial charge >= 0.3 is 39.5 Å². The average molecular weight is 1350 g/mol. The van der Waals surface area contributed by atoms with Crippen molar-refractivity contribution in [1.29, 1.82) is 0 Å². The van der Waals surface area contributed by atoms with E-state index in [-0.39, 0.29) is 25.7 Å². The van der Waals surface area contributed by atoms with Gasteiger partial charge in [0.2, 0.25) is 0 Å². The molecule has 0 aromatic heterocycles. The average Bonchev–Trinajstić information content (AvgIpc) is 2.21. The summed E-state index contributed by atoms with van der Waals surface area (Å²) in [6.45, 7) is 14.2. The van der Waals surface area contributed by atoms with Crippen molar-refractivity contribution in [1.82, 2.24) is 0 Å². The summed E-state index contributed by atoms with van der Waals surface area (Å²) in [7, 11) is -9.91. The molecule has 546 valence electrons. The molecule has 0 amide bonds. The molecule has 0 aliphatic heterocycles. The molecular formula is C73H142O17P2. The first-order valence-electron chi connectivity index (χ1n) is 37.7. The fraction of sp³-hybridized carbons (Fsp3) is 0.945. The highest BCUT2D eigenvalue weighted by Crippen LogP contribution is 2.45. The van der Waals surface area contributed by atoms with Crippen molar-refractivity contribution in [3.63, 3.8) is 0 Å². The maximum atomic E-state index is 13.1. The summed E-state index contributed by atoms with van der Waals surface area (Å²) in [4.78, 5) is 72.7. The molecule has 17 nitrogen and oxygen atoms in total. The predicted molar refractivity (Wildman–Crippen MR) is 372 cm³/mol. The number of carbonyl (C=O) groups is 4. The molecule has 0 radical (unpaired) electrons. The first-order valence-corrected chi connectivity index (χ1v) is 40.7. The number of ether oxygens (including phenoxy) is 4. The van der Waals surface area contributed by atoms with Gasteiger partial charge in [0.1, 0.15) is 19.3 Å². The monoisotopic (exact) mass is 1350 g/mol. The van der Waals surface area contributed by atoms with Crippen LogP contribution >= 0.6 is 15.6 Å². The lowest BCUT2D eigenvalue weighted by molar-refractivity contribution is -0.161. The molecule has 0 rings (SSSR count). The molecular weight excluding hydrogens is 1210 g/mol. The number of esters is 4. The molecule has 0 aromatic carbocycles. The van der Waals surface area contributed by atoms with Crippen molar-refractivity contribution in [2.75, 3.05) is 39.6 Å². The fourth-order valence-corrected chi connectivity index (χ4v) is 12.6. The lowest BCUT2D eigenvalue weighted by Gasteiger charge is -2.21. The molecule has 0 spiro atoms. The predicted octanol–water partition coefficient (Wildman–Crippen LogP) is 20.9. The van der Waals surface area contributed by atoms with Gasteiger partial charge in [-0.3, -0.25) is 37.3 Å². The van der Waals surface area contributed by atoms with Crippen molar-refractivity contribution >= 4 is 39.5 Å². The summed E-state index contributed by atoms with van der Waals surface area (Å²) in [6.07, 6.45) is 45.7. The van der Waals surface area contributed by atoms with E-state index in [0.29, 0.717) is 31.6 Å². The Kier molecular flexibility index (Phi) is 61.3. The number of unbranched alkanes of at least 4 members (excludes halogenated alkanes) is 35. The summed E-state index contributed by atoms with van der Waals surface area (Å²) in [5.41, 5.74) is 0. The van der Waals surface area contributed by atoms with E-state index in [1.807, 2.05) is 0 Å². The van der Waals surface area contributed by atoms with Crippen LogP contribution in [0.2, 0.25) is 0 Å². The van der Waals surface area contributed by atoms with Crippen LogP contribution in [-0.4, -0.2) is 96.7 Å². The van der Waals surface area contributed by atoms with Crippen LogP contribution < -0.4 is 0 Å². The van der Waals surface area contributed by atoms with Gasteiger partial charge in [-0.25, -0.2) is 9.13 Å². The van der Waals surface area contributed by atoms with Crippen molar-refractivity contribution in [3.8, 4) is 0 Å². The zero-order chi connectivity index (χ0) is 68.2. The molecule has 0 fully saturated rings. The second-order valence-electron chi connectivity index (χ2n) is 28.0. The highest BCUT2D eigenvalue weighted by Gasteiger charge is 2.30. The maximum Gasteiger partial charge on any atom is 0.472 e. The van der Waals surface area contributed by atoms with E-state index in [1.165, 1.54) is 161 Å². The SMILES string of the molecule is CCC(C)CCCCCCCCCCCCC(=O)O[C@H](COC(=O)CCCCCCCCCC(C)C)COP(=O)(O)OCC(O)COP(=O)(O)OC[C@@H](COC(=O)CCCCCCCCCCCCCC(C)C)OC(=O)CCCCCCCCCCCCCC(C)C. The van der Waals surface area contributed by atoms with Gasteiger partial charge in [0, 0.05) is 25.7 Å². The van der Waals surface area contributed by atoms with Crippen molar-refractivity contribution in [2.24, 2.45) is 23.7 Å². The molecule has 0 saturated carbocycles. The van der Waals surface area contributed by atoms with Crippen LogP contribution in [0.3, 0.4) is 0 Å². The Morgan fingerprint density at radius 1 is 0.304 bits per heavy atom. The smallest absolute Gasteiger partial charge is 0.462 e. The molecule has 0 aliphatic carbocycles. The van der Waals surface area contributed by atoms with Crippen molar-refractivity contribution in [3.05, 3.63) is 0 Å². The van der Waals surface area contributed by atoms with Crippen LogP contribution in [0.5, 0.6) is 0 Å². The lowest BCUT2D eigenvalue weighted by atomic mass is 9.99. The highest BCUT2D eigenvalue weighted by molar-refractivity contribution is 7.47. The van der Waals surface area contributed by atoms with E-state index in [1.54, 1.807) is 0 Å². The number of rotatable bonds is 70. The van der Waals surface area contributed by atoms with Crippen LogP contribution in [0.15, 0.2) is 0 Å². The van der Waals surface area contributed by atoms with Gasteiger partial charge in [0.15, 0.2) is 12.2 Å². The van der Waals surface area contributed by atoms with Crippen LogP contribution in [0.4, 0.5) is 0 Å². The van der Waals surface area contributed by atoms with Crippen molar-refractivity contribution in [2.45, 2.75) is 382 Å². The number of phosphoric ester groups is 2. The van der Waals surface area contributed by atoms with Gasteiger partial charge in [-0.05, 0) is 49.4 Å². The van der Waals surface area contributed by atoms with Crippen LogP contribution in [0, 0.1) is 23.7 Å². The topological polar surface area (TPSA) is 237 Å². The van der Waals surface area contributed by atoms with E-state index < -0.39 is 97.5 Å². The van der Waals surface area contributed by atoms with Gasteiger partial charge in [-0.1, -0.05) is 312 Å². The Hall–Kier alpha value is -1.94. The van der Waals surface area contributed by atoms with Crippen LogP contribution in [0.1, 0.15) is 364 Å². The number of phosphoric acid groups is 2. The van der Waals surface area contributed by atoms with Gasteiger partial charge in [-0.2, -0.15) is 0 Å². The maximum absolute atomic E-state index is 13.1. The standard InChI is InChI=1S/C73H142O17P2/c1-9-66(8)52-44-36-28-20-16-17-23-31-40-48-56-73(78)90-69(60-84-71(76)54-46-38-32-24-27-35-43-51-65(6)7)62-88-92(81,82)86-58-67(74)57-85-91(79,80)87-61-68(89-72(77)55-47-39-30-22-15-11-13-19-26-34-42-50-64(4)5)59-83-70(75)53-45-37-29-21-14-10-12-18-25-33-41-49-63(2)3/h63-69,74H,9-62H2,1-8H3,(H,79,80)(H,81,82)/t66?,67?,68-,69-/m1/s1.